The van der Waals surface area contributed by atoms with E-state index in [1.807, 2.05) is 6.07 Å². The fraction of sp³-hybridized carbons (Fsp3) is 0.571. The van der Waals surface area contributed by atoms with Crippen LogP contribution in [0.5, 0.6) is 5.88 Å². The minimum atomic E-state index is 0.544. The van der Waals surface area contributed by atoms with E-state index in [1.165, 1.54) is 11.8 Å². The molecule has 0 radical (unpaired) electrons. The van der Waals surface area contributed by atoms with Crippen LogP contribution in [-0.2, 0) is 6.42 Å². The molecule has 4 heteroatoms. The molecule has 0 spiro atoms. The summed E-state index contributed by atoms with van der Waals surface area (Å²) >= 11 is 6.00. The normalized spacial score (nSPS) is 12.7. The molecule has 0 N–H and O–H groups in total. The fourth-order valence-electron chi connectivity index (χ4n) is 2.93. The molecule has 1 aromatic heterocycles. The van der Waals surface area contributed by atoms with Gasteiger partial charge in [-0.1, -0.05) is 44.9 Å². The monoisotopic (exact) mass is 362 g/mol. The molecule has 0 saturated heterocycles. The number of fused-ring (bicyclic) bond motifs is 1. The van der Waals surface area contributed by atoms with Gasteiger partial charge < -0.3 is 9.64 Å². The van der Waals surface area contributed by atoms with Crippen LogP contribution < -0.4 is 4.74 Å². The second kappa shape index (κ2) is 10.6. The first-order valence-electron chi connectivity index (χ1n) is 9.43. The Kier molecular flexibility index (Phi) is 8.50. The molecule has 0 saturated carbocycles. The lowest BCUT2D eigenvalue weighted by molar-refractivity contribution is 0.215. The molecule has 2 aromatic rings. The molecule has 138 valence electrons. The zero-order valence-electron chi connectivity index (χ0n) is 15.8. The number of hydrogen-bond donors (Lipinski definition) is 0. The third-order valence-electron chi connectivity index (χ3n) is 4.62. The number of rotatable bonds is 11. The number of halogens is 1. The summed E-state index contributed by atoms with van der Waals surface area (Å²) < 4.78 is 6.07. The average molecular weight is 363 g/mol. The van der Waals surface area contributed by atoms with Crippen LogP contribution >= 0.6 is 11.6 Å². The molecule has 1 heterocycles. The number of unbranched alkanes of at least 4 members (excludes halogenated alkanes) is 1. The van der Waals surface area contributed by atoms with Crippen LogP contribution in [0.2, 0.25) is 0 Å². The van der Waals surface area contributed by atoms with Crippen LogP contribution in [0.25, 0.3) is 10.8 Å². The lowest BCUT2D eigenvalue weighted by Crippen LogP contribution is -2.30. The summed E-state index contributed by atoms with van der Waals surface area (Å²) in [5.74, 6) is 2.03. The molecule has 0 aliphatic rings. The summed E-state index contributed by atoms with van der Waals surface area (Å²) in [6, 6.07) is 10.5. The van der Waals surface area contributed by atoms with Crippen molar-refractivity contribution in [3.05, 3.63) is 36.0 Å². The Morgan fingerprint density at radius 3 is 2.76 bits per heavy atom. The van der Waals surface area contributed by atoms with Gasteiger partial charge in [0, 0.05) is 30.0 Å². The highest BCUT2D eigenvalue weighted by atomic mass is 35.5. The van der Waals surface area contributed by atoms with Gasteiger partial charge in [0.25, 0.3) is 0 Å². The molecule has 25 heavy (non-hydrogen) atoms. The first-order chi connectivity index (χ1) is 12.2. The van der Waals surface area contributed by atoms with Crippen molar-refractivity contribution in [2.75, 3.05) is 32.6 Å². The van der Waals surface area contributed by atoms with E-state index in [0.717, 1.165) is 49.3 Å². The van der Waals surface area contributed by atoms with E-state index in [9.17, 15) is 0 Å². The van der Waals surface area contributed by atoms with Crippen molar-refractivity contribution in [2.24, 2.45) is 5.92 Å². The summed E-state index contributed by atoms with van der Waals surface area (Å²) in [4.78, 5) is 7.06. The Hall–Kier alpha value is -1.32. The average Bonchev–Trinajstić information content (AvgIpc) is 2.64. The van der Waals surface area contributed by atoms with Crippen molar-refractivity contribution in [2.45, 2.75) is 39.5 Å². The van der Waals surface area contributed by atoms with Gasteiger partial charge in [0.1, 0.15) is 6.61 Å². The van der Waals surface area contributed by atoms with Crippen molar-refractivity contribution in [1.29, 1.82) is 0 Å². The maximum absolute atomic E-state index is 6.07. The predicted octanol–water partition coefficient (Wildman–Crippen LogP) is 5.15. The quantitative estimate of drug-likeness (QED) is 0.517. The van der Waals surface area contributed by atoms with Crippen LogP contribution in [0.3, 0.4) is 0 Å². The van der Waals surface area contributed by atoms with Gasteiger partial charge in [-0.05, 0) is 43.3 Å². The number of ether oxygens (including phenoxy) is 1. The van der Waals surface area contributed by atoms with Gasteiger partial charge in [-0.15, -0.1) is 11.6 Å². The lowest BCUT2D eigenvalue weighted by atomic mass is 10.1. The van der Waals surface area contributed by atoms with E-state index in [1.54, 1.807) is 0 Å². The third-order valence-corrected chi connectivity index (χ3v) is 5.06. The Morgan fingerprint density at radius 2 is 2.04 bits per heavy atom. The summed E-state index contributed by atoms with van der Waals surface area (Å²) in [6.45, 7) is 6.92. The second-order valence-corrected chi connectivity index (χ2v) is 7.09. The number of aryl methyl sites for hydroxylation is 1. The van der Waals surface area contributed by atoms with Crippen molar-refractivity contribution < 1.29 is 4.74 Å². The molecule has 1 aromatic carbocycles. The smallest absolute Gasteiger partial charge is 0.221 e. The van der Waals surface area contributed by atoms with Gasteiger partial charge in [-0.3, -0.25) is 0 Å². The highest BCUT2D eigenvalue weighted by Crippen LogP contribution is 2.25. The summed E-state index contributed by atoms with van der Waals surface area (Å²) in [6.07, 6.45) is 4.45. The zero-order valence-corrected chi connectivity index (χ0v) is 16.6. The van der Waals surface area contributed by atoms with E-state index < -0.39 is 0 Å². The van der Waals surface area contributed by atoms with Crippen LogP contribution in [-0.4, -0.2) is 42.5 Å². The molecular formula is C21H31ClN2O. The molecule has 0 aliphatic heterocycles. The van der Waals surface area contributed by atoms with Crippen molar-refractivity contribution in [3.8, 4) is 5.88 Å². The molecule has 1 atom stereocenters. The molecule has 0 amide bonds. The van der Waals surface area contributed by atoms with Gasteiger partial charge in [-0.2, -0.15) is 0 Å². The summed E-state index contributed by atoms with van der Waals surface area (Å²) in [5.41, 5.74) is 1.12. The van der Waals surface area contributed by atoms with E-state index in [4.69, 9.17) is 21.3 Å². The van der Waals surface area contributed by atoms with Crippen molar-refractivity contribution in [1.82, 2.24) is 9.88 Å². The van der Waals surface area contributed by atoms with Gasteiger partial charge >= 0.3 is 0 Å². The largest absolute Gasteiger partial charge is 0.476 e. The Bertz CT molecular complexity index is 643. The van der Waals surface area contributed by atoms with Gasteiger partial charge in [0.2, 0.25) is 5.88 Å². The number of alkyl halides is 1. The van der Waals surface area contributed by atoms with Crippen LogP contribution in [0.4, 0.5) is 0 Å². The van der Waals surface area contributed by atoms with E-state index in [2.05, 4.69) is 50.1 Å². The third kappa shape index (κ3) is 6.16. The maximum atomic E-state index is 6.07. The maximum Gasteiger partial charge on any atom is 0.221 e. The van der Waals surface area contributed by atoms with E-state index in [-0.39, 0.29) is 0 Å². The minimum Gasteiger partial charge on any atom is -0.476 e. The van der Waals surface area contributed by atoms with Crippen molar-refractivity contribution >= 4 is 22.4 Å². The first kappa shape index (κ1) is 20.0. The summed E-state index contributed by atoms with van der Waals surface area (Å²) in [5, 5.41) is 2.30. The second-order valence-electron chi connectivity index (χ2n) is 6.78. The number of benzene rings is 1. The lowest BCUT2D eigenvalue weighted by Gasteiger charge is -2.21. The fourth-order valence-corrected chi connectivity index (χ4v) is 3.25. The Balaban J connectivity index is 2.01. The molecule has 1 unspecified atom stereocenters. The number of aromatic nitrogens is 1. The SMILES string of the molecule is CCCCc1cc2ccccc2c(OCCN(C)CC(CC)CCl)n1. The van der Waals surface area contributed by atoms with Gasteiger partial charge in [0.15, 0.2) is 0 Å². The molecule has 0 bridgehead atoms. The number of likely N-dealkylation sites (N-methyl/N-ethyl adjacent to an activating group) is 1. The van der Waals surface area contributed by atoms with Crippen LogP contribution in [0, 0.1) is 5.92 Å². The number of hydrogen-bond acceptors (Lipinski definition) is 3. The molecular weight excluding hydrogens is 332 g/mol. The first-order valence-corrected chi connectivity index (χ1v) is 9.97. The van der Waals surface area contributed by atoms with Gasteiger partial charge in [0.05, 0.1) is 0 Å². The van der Waals surface area contributed by atoms with Crippen LogP contribution in [0.15, 0.2) is 30.3 Å². The zero-order chi connectivity index (χ0) is 18.1. The highest BCUT2D eigenvalue weighted by Gasteiger charge is 2.10. The molecule has 0 fully saturated rings. The molecule has 0 aliphatic carbocycles. The summed E-state index contributed by atoms with van der Waals surface area (Å²) in [7, 11) is 2.13. The number of pyridine rings is 1. The predicted molar refractivity (Wildman–Crippen MR) is 108 cm³/mol. The topological polar surface area (TPSA) is 25.4 Å². The number of nitrogens with zero attached hydrogens (tertiary/aromatic N) is 2. The van der Waals surface area contributed by atoms with E-state index in [0.29, 0.717) is 18.4 Å². The Labute approximate surface area is 157 Å². The van der Waals surface area contributed by atoms with Gasteiger partial charge in [-0.25, -0.2) is 4.98 Å². The molecule has 3 nitrogen and oxygen atoms in total. The molecule has 2 rings (SSSR count). The highest BCUT2D eigenvalue weighted by molar-refractivity contribution is 6.18. The van der Waals surface area contributed by atoms with Crippen LogP contribution in [0.1, 0.15) is 38.8 Å². The minimum absolute atomic E-state index is 0.544. The standard InChI is InChI=1S/C21H31ClN2O/c1-4-6-10-19-14-18-9-7-8-11-20(18)21(23-19)25-13-12-24(3)16-17(5-2)15-22/h7-9,11,14,17H,4-6,10,12-13,15-16H2,1-3H3. The Morgan fingerprint density at radius 1 is 1.24 bits per heavy atom. The van der Waals surface area contributed by atoms with Crippen molar-refractivity contribution in [3.63, 3.8) is 0 Å². The van der Waals surface area contributed by atoms with E-state index >= 15 is 0 Å².